The molecule has 9 nitrogen and oxygen atoms in total. The standard InChI is InChI=1S/C24H23N7O2/c1-3-31-14-25-24(30-31)29-22(32)17-13-18-20(28-23(17)33-2)27-21(26-18)19(16-11-7-8-12-16)15-9-5-4-6-10-15/h4-11,13-14,19H,3,12H2,1-2H3,(H,26,27,28)(H,29,30,32). The zero-order valence-corrected chi connectivity index (χ0v) is 18.3. The fourth-order valence-corrected chi connectivity index (χ4v) is 3.94. The number of rotatable bonds is 7. The molecule has 1 atom stereocenters. The largest absolute Gasteiger partial charge is 0.480 e. The van der Waals surface area contributed by atoms with Crippen molar-refractivity contribution >= 4 is 23.0 Å². The molecule has 1 aliphatic carbocycles. The highest BCUT2D eigenvalue weighted by atomic mass is 16.5. The number of carbonyl (C=O) groups excluding carboxylic acids is 1. The molecule has 0 radical (unpaired) electrons. The number of nitrogens with zero attached hydrogens (tertiary/aromatic N) is 5. The topological polar surface area (TPSA) is 111 Å². The lowest BCUT2D eigenvalue weighted by Crippen LogP contribution is -2.15. The molecule has 0 saturated carbocycles. The van der Waals surface area contributed by atoms with Crippen LogP contribution in [0.15, 0.2) is 66.5 Å². The number of pyridine rings is 1. The van der Waals surface area contributed by atoms with E-state index in [1.807, 2.05) is 25.1 Å². The Kier molecular flexibility index (Phi) is 5.43. The van der Waals surface area contributed by atoms with Gasteiger partial charge in [0.15, 0.2) is 5.65 Å². The van der Waals surface area contributed by atoms with E-state index in [4.69, 9.17) is 9.72 Å². The van der Waals surface area contributed by atoms with Gasteiger partial charge in [-0.3, -0.25) is 14.8 Å². The minimum Gasteiger partial charge on any atom is -0.480 e. The van der Waals surface area contributed by atoms with E-state index in [-0.39, 0.29) is 23.3 Å². The number of anilines is 1. The average molecular weight is 441 g/mol. The molecule has 1 amide bonds. The van der Waals surface area contributed by atoms with E-state index in [2.05, 4.69) is 55.7 Å². The fourth-order valence-electron chi connectivity index (χ4n) is 3.94. The lowest BCUT2D eigenvalue weighted by atomic mass is 9.90. The molecule has 1 unspecified atom stereocenters. The molecule has 0 fully saturated rings. The van der Waals surface area contributed by atoms with Crippen molar-refractivity contribution in [2.45, 2.75) is 25.8 Å². The number of amides is 1. The highest BCUT2D eigenvalue weighted by Crippen LogP contribution is 2.35. The first-order chi connectivity index (χ1) is 16.2. The van der Waals surface area contributed by atoms with Crippen molar-refractivity contribution in [2.24, 2.45) is 0 Å². The van der Waals surface area contributed by atoms with Crippen molar-refractivity contribution in [2.75, 3.05) is 12.4 Å². The molecule has 9 heteroatoms. The summed E-state index contributed by atoms with van der Waals surface area (Å²) in [6.07, 6.45) is 8.74. The second-order valence-electron chi connectivity index (χ2n) is 7.63. The highest BCUT2D eigenvalue weighted by molar-refractivity contribution is 6.06. The molecule has 1 aliphatic rings. The Morgan fingerprint density at radius 3 is 2.82 bits per heavy atom. The van der Waals surface area contributed by atoms with Crippen LogP contribution in [0.25, 0.3) is 11.2 Å². The molecule has 1 aromatic carbocycles. The van der Waals surface area contributed by atoms with E-state index in [1.165, 1.54) is 12.7 Å². The molecule has 3 aromatic heterocycles. The van der Waals surface area contributed by atoms with E-state index < -0.39 is 5.91 Å². The normalized spacial score (nSPS) is 13.8. The third-order valence-corrected chi connectivity index (χ3v) is 5.56. The van der Waals surface area contributed by atoms with Crippen molar-refractivity contribution in [3.8, 4) is 5.88 Å². The van der Waals surface area contributed by atoms with Crippen molar-refractivity contribution in [1.29, 1.82) is 0 Å². The van der Waals surface area contributed by atoms with Crippen LogP contribution in [0, 0.1) is 0 Å². The lowest BCUT2D eigenvalue weighted by Gasteiger charge is -2.16. The first-order valence-corrected chi connectivity index (χ1v) is 10.7. The van der Waals surface area contributed by atoms with Gasteiger partial charge in [0, 0.05) is 6.54 Å². The smallest absolute Gasteiger partial charge is 0.263 e. The van der Waals surface area contributed by atoms with Gasteiger partial charge in [0.05, 0.1) is 18.5 Å². The van der Waals surface area contributed by atoms with Gasteiger partial charge in [-0.1, -0.05) is 54.1 Å². The summed E-state index contributed by atoms with van der Waals surface area (Å²) in [6, 6.07) is 11.9. The Hall–Kier alpha value is -4.27. The molecule has 0 bridgehead atoms. The predicted octanol–water partition coefficient (Wildman–Crippen LogP) is 3.85. The monoisotopic (exact) mass is 441 g/mol. The summed E-state index contributed by atoms with van der Waals surface area (Å²) in [5.41, 5.74) is 3.78. The molecule has 0 spiro atoms. The zero-order chi connectivity index (χ0) is 22.8. The highest BCUT2D eigenvalue weighted by Gasteiger charge is 2.25. The van der Waals surface area contributed by atoms with Gasteiger partial charge in [0.2, 0.25) is 11.8 Å². The molecular weight excluding hydrogens is 418 g/mol. The number of hydrogen-bond acceptors (Lipinski definition) is 6. The molecule has 0 saturated heterocycles. The zero-order valence-electron chi connectivity index (χ0n) is 18.3. The number of aromatic amines is 1. The predicted molar refractivity (Wildman–Crippen MR) is 124 cm³/mol. The molecule has 5 rings (SSSR count). The van der Waals surface area contributed by atoms with E-state index in [1.54, 1.807) is 17.1 Å². The molecule has 0 aliphatic heterocycles. The van der Waals surface area contributed by atoms with E-state index in [0.29, 0.717) is 17.7 Å². The molecule has 4 aromatic rings. The van der Waals surface area contributed by atoms with Gasteiger partial charge in [0.25, 0.3) is 5.91 Å². The van der Waals surface area contributed by atoms with Crippen molar-refractivity contribution < 1.29 is 9.53 Å². The Morgan fingerprint density at radius 2 is 2.12 bits per heavy atom. The van der Waals surface area contributed by atoms with Gasteiger partial charge >= 0.3 is 0 Å². The van der Waals surface area contributed by atoms with Gasteiger partial charge in [-0.2, -0.15) is 4.98 Å². The number of ether oxygens (including phenoxy) is 1. The van der Waals surface area contributed by atoms with Crippen molar-refractivity contribution in [3.05, 3.63) is 83.5 Å². The summed E-state index contributed by atoms with van der Waals surface area (Å²) in [7, 11) is 1.48. The minimum absolute atomic E-state index is 0.0409. The first-order valence-electron chi connectivity index (χ1n) is 10.7. The van der Waals surface area contributed by atoms with Gasteiger partial charge in [0.1, 0.15) is 17.7 Å². The van der Waals surface area contributed by atoms with Gasteiger partial charge in [-0.25, -0.2) is 9.97 Å². The van der Waals surface area contributed by atoms with Crippen LogP contribution >= 0.6 is 0 Å². The summed E-state index contributed by atoms with van der Waals surface area (Å²) >= 11 is 0. The van der Waals surface area contributed by atoms with Crippen LogP contribution < -0.4 is 10.1 Å². The Balaban J connectivity index is 1.52. The quantitative estimate of drug-likeness (QED) is 0.451. The van der Waals surface area contributed by atoms with Crippen LogP contribution in [0.3, 0.4) is 0 Å². The van der Waals surface area contributed by atoms with Crippen LogP contribution in [-0.2, 0) is 6.54 Å². The number of imidazole rings is 1. The third kappa shape index (κ3) is 4.00. The maximum Gasteiger partial charge on any atom is 0.263 e. The Morgan fingerprint density at radius 1 is 1.27 bits per heavy atom. The number of carbonyl (C=O) groups is 1. The van der Waals surface area contributed by atoms with Crippen molar-refractivity contribution in [1.82, 2.24) is 29.7 Å². The van der Waals surface area contributed by atoms with Crippen LogP contribution in [0.4, 0.5) is 5.95 Å². The summed E-state index contributed by atoms with van der Waals surface area (Å²) in [6.45, 7) is 2.60. The Bertz CT molecular complexity index is 1370. The minimum atomic E-state index is -0.409. The van der Waals surface area contributed by atoms with Crippen LogP contribution in [-0.4, -0.2) is 42.7 Å². The van der Waals surface area contributed by atoms with Crippen LogP contribution in [0.2, 0.25) is 0 Å². The number of fused-ring (bicyclic) bond motifs is 1. The summed E-state index contributed by atoms with van der Waals surface area (Å²) in [5, 5.41) is 6.90. The molecule has 3 heterocycles. The first kappa shape index (κ1) is 20.6. The van der Waals surface area contributed by atoms with Gasteiger partial charge in [-0.05, 0) is 25.0 Å². The molecule has 166 valence electrons. The number of hydrogen-bond donors (Lipinski definition) is 2. The maximum atomic E-state index is 12.9. The number of methoxy groups -OCH3 is 1. The summed E-state index contributed by atoms with van der Waals surface area (Å²) in [5.74, 6) is 0.723. The number of H-pyrrole nitrogens is 1. The number of nitrogens with one attached hydrogen (secondary N) is 2. The Labute approximate surface area is 190 Å². The maximum absolute atomic E-state index is 12.9. The summed E-state index contributed by atoms with van der Waals surface area (Å²) < 4.78 is 7.03. The second-order valence-corrected chi connectivity index (χ2v) is 7.63. The second kappa shape index (κ2) is 8.70. The third-order valence-electron chi connectivity index (χ3n) is 5.56. The lowest BCUT2D eigenvalue weighted by molar-refractivity contribution is 0.102. The molecule has 33 heavy (non-hydrogen) atoms. The number of aromatic nitrogens is 6. The number of allylic oxidation sites excluding steroid dienone is 4. The van der Waals surface area contributed by atoms with Crippen LogP contribution in [0.1, 0.15) is 41.0 Å². The molecule has 2 N–H and O–H groups in total. The van der Waals surface area contributed by atoms with Gasteiger partial charge in [-0.15, -0.1) is 5.10 Å². The fraction of sp³-hybridized carbons (Fsp3) is 0.208. The van der Waals surface area contributed by atoms with Crippen molar-refractivity contribution in [3.63, 3.8) is 0 Å². The van der Waals surface area contributed by atoms with E-state index in [0.717, 1.165) is 17.8 Å². The molecular formula is C24H23N7O2. The van der Waals surface area contributed by atoms with Crippen LogP contribution in [0.5, 0.6) is 5.88 Å². The van der Waals surface area contributed by atoms with E-state index in [9.17, 15) is 4.79 Å². The number of aryl methyl sites for hydroxylation is 1. The van der Waals surface area contributed by atoms with Gasteiger partial charge < -0.3 is 9.72 Å². The van der Waals surface area contributed by atoms with E-state index >= 15 is 0 Å². The summed E-state index contributed by atoms with van der Waals surface area (Å²) in [4.78, 5) is 29.7. The number of benzene rings is 1. The SMILES string of the molecule is CCn1cnc(NC(=O)c2cc3[nH]c(C(C4=CC=CC4)c4ccccc4)nc3nc2OC)n1. The average Bonchev–Trinajstić information content (AvgIpc) is 3.60.